The summed E-state index contributed by atoms with van der Waals surface area (Å²) in [6, 6.07) is 12.0. The Hall–Kier alpha value is -3.20. The standard InChI is InChI=1S/C23H24N8O2S4/c1-12-7-14(3-5-16(12)26-18(32)10-34-22-30-28-20(24)36-22)9-15-4-6-17(13(2)8-15)27-19(33)11-35-23-31-29-21(25)37-23/h3-8H,9-11H2,1-2H3,(H2,24,28)(H2,25,29)(H,26,32)(H,27,33). The maximum Gasteiger partial charge on any atom is 0.234 e. The Bertz CT molecular complexity index is 1320. The second-order valence-corrected chi connectivity index (χ2v) is 12.4. The van der Waals surface area contributed by atoms with Gasteiger partial charge in [-0.15, -0.1) is 20.4 Å². The Morgan fingerprint density at radius 2 is 1.19 bits per heavy atom. The van der Waals surface area contributed by atoms with Crippen molar-refractivity contribution in [2.45, 2.75) is 28.9 Å². The van der Waals surface area contributed by atoms with Crippen molar-refractivity contribution in [1.82, 2.24) is 20.4 Å². The number of carbonyl (C=O) groups excluding carboxylic acids is 2. The Labute approximate surface area is 230 Å². The van der Waals surface area contributed by atoms with Crippen molar-refractivity contribution in [2.24, 2.45) is 0 Å². The number of nitrogens with two attached hydrogens (primary N) is 2. The fourth-order valence-electron chi connectivity index (χ4n) is 3.37. The van der Waals surface area contributed by atoms with E-state index in [1.165, 1.54) is 46.2 Å². The van der Waals surface area contributed by atoms with Crippen LogP contribution in [0.25, 0.3) is 0 Å². The lowest BCUT2D eigenvalue weighted by atomic mass is 10.00. The maximum atomic E-state index is 12.3. The molecule has 2 amide bonds. The lowest BCUT2D eigenvalue weighted by Gasteiger charge is -2.12. The van der Waals surface area contributed by atoms with Crippen LogP contribution in [0.2, 0.25) is 0 Å². The largest absolute Gasteiger partial charge is 0.374 e. The van der Waals surface area contributed by atoms with Crippen LogP contribution in [0.4, 0.5) is 21.6 Å². The van der Waals surface area contributed by atoms with Gasteiger partial charge in [0.15, 0.2) is 8.68 Å². The summed E-state index contributed by atoms with van der Waals surface area (Å²) >= 11 is 5.12. The van der Waals surface area contributed by atoms with Gasteiger partial charge in [-0.1, -0.05) is 70.5 Å². The molecule has 0 saturated carbocycles. The van der Waals surface area contributed by atoms with E-state index in [0.717, 1.165) is 40.0 Å². The van der Waals surface area contributed by atoms with Gasteiger partial charge in [-0.05, 0) is 54.7 Å². The molecule has 2 aromatic carbocycles. The normalized spacial score (nSPS) is 10.9. The fourth-order valence-corrected chi connectivity index (χ4v) is 6.24. The van der Waals surface area contributed by atoms with Gasteiger partial charge in [0, 0.05) is 11.4 Å². The number of nitrogens with one attached hydrogen (secondary N) is 2. The maximum absolute atomic E-state index is 12.3. The molecule has 2 heterocycles. The summed E-state index contributed by atoms with van der Waals surface area (Å²) in [5.41, 5.74) is 16.9. The van der Waals surface area contributed by atoms with Crippen molar-refractivity contribution in [3.8, 4) is 0 Å². The van der Waals surface area contributed by atoms with Crippen LogP contribution in [0.3, 0.4) is 0 Å². The number of amides is 2. The molecule has 0 fully saturated rings. The van der Waals surface area contributed by atoms with Crippen LogP contribution < -0.4 is 22.1 Å². The molecule has 2 aromatic heterocycles. The van der Waals surface area contributed by atoms with Gasteiger partial charge in [0.1, 0.15) is 0 Å². The number of aryl methyl sites for hydroxylation is 2. The van der Waals surface area contributed by atoms with Crippen LogP contribution in [-0.4, -0.2) is 43.7 Å². The average Bonchev–Trinajstić information content (AvgIpc) is 3.47. The van der Waals surface area contributed by atoms with Crippen LogP contribution in [0.15, 0.2) is 45.1 Å². The predicted molar refractivity (Wildman–Crippen MR) is 153 cm³/mol. The summed E-state index contributed by atoms with van der Waals surface area (Å²) in [5.74, 6) is 0.225. The molecule has 0 aliphatic rings. The monoisotopic (exact) mass is 572 g/mol. The fraction of sp³-hybridized carbons (Fsp3) is 0.217. The third kappa shape index (κ3) is 7.89. The van der Waals surface area contributed by atoms with Crippen molar-refractivity contribution in [3.05, 3.63) is 58.7 Å². The number of hydrogen-bond donors (Lipinski definition) is 4. The van der Waals surface area contributed by atoms with Crippen LogP contribution in [-0.2, 0) is 16.0 Å². The molecule has 14 heteroatoms. The van der Waals surface area contributed by atoms with Crippen molar-refractivity contribution >= 4 is 79.6 Å². The third-order valence-electron chi connectivity index (χ3n) is 5.04. The Balaban J connectivity index is 1.29. The van der Waals surface area contributed by atoms with Crippen LogP contribution in [0.1, 0.15) is 22.3 Å². The third-order valence-corrected chi connectivity index (χ3v) is 8.81. The van der Waals surface area contributed by atoms with Crippen molar-refractivity contribution in [3.63, 3.8) is 0 Å². The zero-order valence-electron chi connectivity index (χ0n) is 20.0. The first-order valence-electron chi connectivity index (χ1n) is 11.0. The number of nitrogens with zero attached hydrogens (tertiary/aromatic N) is 4. The van der Waals surface area contributed by atoms with E-state index in [4.69, 9.17) is 11.5 Å². The lowest BCUT2D eigenvalue weighted by Crippen LogP contribution is -2.15. The minimum absolute atomic E-state index is 0.117. The molecule has 192 valence electrons. The molecule has 0 aliphatic carbocycles. The second kappa shape index (κ2) is 12.4. The van der Waals surface area contributed by atoms with Gasteiger partial charge in [0.05, 0.1) is 11.5 Å². The number of nitrogen functional groups attached to an aromatic ring is 2. The van der Waals surface area contributed by atoms with Gasteiger partial charge in [-0.2, -0.15) is 0 Å². The smallest absolute Gasteiger partial charge is 0.234 e. The Kier molecular flexibility index (Phi) is 8.97. The minimum atomic E-state index is -0.117. The SMILES string of the molecule is Cc1cc(Cc2ccc(NC(=O)CSc3nnc(N)s3)c(C)c2)ccc1NC(=O)CSc1nnc(N)s1. The number of benzene rings is 2. The minimum Gasteiger partial charge on any atom is -0.374 e. The first-order valence-corrected chi connectivity index (χ1v) is 14.6. The molecule has 10 nitrogen and oxygen atoms in total. The summed E-state index contributed by atoms with van der Waals surface area (Å²) in [6.07, 6.45) is 0.729. The van der Waals surface area contributed by atoms with Crippen LogP contribution >= 0.6 is 46.2 Å². The summed E-state index contributed by atoms with van der Waals surface area (Å²) in [7, 11) is 0. The second-order valence-electron chi connectivity index (χ2n) is 7.96. The van der Waals surface area contributed by atoms with Gasteiger partial charge in [0.25, 0.3) is 0 Å². The zero-order valence-corrected chi connectivity index (χ0v) is 23.2. The molecule has 0 saturated heterocycles. The first kappa shape index (κ1) is 26.9. The number of thioether (sulfide) groups is 2. The summed E-state index contributed by atoms with van der Waals surface area (Å²) in [5, 5.41) is 22.0. The average molecular weight is 573 g/mol. The summed E-state index contributed by atoms with van der Waals surface area (Å²) in [4.78, 5) is 24.7. The number of anilines is 4. The van der Waals surface area contributed by atoms with Crippen molar-refractivity contribution in [2.75, 3.05) is 33.6 Å². The van der Waals surface area contributed by atoms with E-state index >= 15 is 0 Å². The molecule has 37 heavy (non-hydrogen) atoms. The van der Waals surface area contributed by atoms with E-state index < -0.39 is 0 Å². The Morgan fingerprint density at radius 3 is 1.54 bits per heavy atom. The van der Waals surface area contributed by atoms with Gasteiger partial charge in [-0.25, -0.2) is 0 Å². The predicted octanol–water partition coefficient (Wildman–Crippen LogP) is 4.22. The van der Waals surface area contributed by atoms with Crippen molar-refractivity contribution in [1.29, 1.82) is 0 Å². The highest BCUT2D eigenvalue weighted by molar-refractivity contribution is 8.02. The Morgan fingerprint density at radius 1 is 0.757 bits per heavy atom. The van der Waals surface area contributed by atoms with E-state index in [2.05, 4.69) is 43.2 Å². The van der Waals surface area contributed by atoms with Crippen LogP contribution in [0, 0.1) is 13.8 Å². The number of hydrogen-bond acceptors (Lipinski definition) is 12. The topological polar surface area (TPSA) is 162 Å². The molecule has 6 N–H and O–H groups in total. The van der Waals surface area contributed by atoms with E-state index in [9.17, 15) is 9.59 Å². The number of aromatic nitrogens is 4. The quantitative estimate of drug-likeness (QED) is 0.202. The molecule has 0 atom stereocenters. The van der Waals surface area contributed by atoms with E-state index in [-0.39, 0.29) is 23.3 Å². The van der Waals surface area contributed by atoms with Gasteiger partial charge in [-0.3, -0.25) is 9.59 Å². The molecular weight excluding hydrogens is 549 g/mol. The van der Waals surface area contributed by atoms with E-state index in [1.807, 2.05) is 38.1 Å². The molecule has 0 radical (unpaired) electrons. The highest BCUT2D eigenvalue weighted by Crippen LogP contribution is 2.26. The molecule has 4 rings (SSSR count). The molecule has 0 spiro atoms. The number of carbonyl (C=O) groups is 2. The lowest BCUT2D eigenvalue weighted by molar-refractivity contribution is -0.114. The van der Waals surface area contributed by atoms with Crippen molar-refractivity contribution < 1.29 is 9.59 Å². The molecule has 0 unspecified atom stereocenters. The zero-order chi connectivity index (χ0) is 26.4. The van der Waals surface area contributed by atoms with Gasteiger partial charge < -0.3 is 22.1 Å². The van der Waals surface area contributed by atoms with Crippen LogP contribution in [0.5, 0.6) is 0 Å². The summed E-state index contributed by atoms with van der Waals surface area (Å²) in [6.45, 7) is 3.94. The molecular formula is C23H24N8O2S4. The molecule has 0 aliphatic heterocycles. The highest BCUT2D eigenvalue weighted by atomic mass is 32.2. The highest BCUT2D eigenvalue weighted by Gasteiger charge is 2.11. The van der Waals surface area contributed by atoms with E-state index in [1.54, 1.807) is 0 Å². The van der Waals surface area contributed by atoms with Gasteiger partial charge in [0.2, 0.25) is 22.1 Å². The summed E-state index contributed by atoms with van der Waals surface area (Å²) < 4.78 is 1.33. The molecule has 0 bridgehead atoms. The first-order chi connectivity index (χ1) is 17.7. The van der Waals surface area contributed by atoms with Gasteiger partial charge >= 0.3 is 0 Å². The number of rotatable bonds is 10. The van der Waals surface area contributed by atoms with E-state index in [0.29, 0.717) is 18.9 Å². The molecule has 4 aromatic rings.